The zero-order valence-electron chi connectivity index (χ0n) is 10.6. The van der Waals surface area contributed by atoms with Gasteiger partial charge in [-0.25, -0.2) is 0 Å². The SMILES string of the molecule is COc1ccc(C(=O)N2CCN[C@@H](C)C2)cc1Br. The van der Waals surface area contributed by atoms with E-state index in [0.717, 1.165) is 29.9 Å². The van der Waals surface area contributed by atoms with E-state index in [-0.39, 0.29) is 5.91 Å². The Bertz CT molecular complexity index is 451. The molecule has 1 fully saturated rings. The Morgan fingerprint density at radius 2 is 2.33 bits per heavy atom. The van der Waals surface area contributed by atoms with Crippen LogP contribution >= 0.6 is 15.9 Å². The lowest BCUT2D eigenvalue weighted by Gasteiger charge is -2.32. The number of carbonyl (C=O) groups excluding carboxylic acids is 1. The Hall–Kier alpha value is -1.07. The van der Waals surface area contributed by atoms with E-state index in [1.54, 1.807) is 13.2 Å². The van der Waals surface area contributed by atoms with Gasteiger partial charge >= 0.3 is 0 Å². The number of halogens is 1. The van der Waals surface area contributed by atoms with Crippen LogP contribution < -0.4 is 10.1 Å². The van der Waals surface area contributed by atoms with E-state index in [4.69, 9.17) is 4.74 Å². The molecule has 0 spiro atoms. The molecule has 1 aliphatic heterocycles. The van der Waals surface area contributed by atoms with E-state index in [9.17, 15) is 4.79 Å². The van der Waals surface area contributed by atoms with Crippen molar-refractivity contribution in [2.24, 2.45) is 0 Å². The number of rotatable bonds is 2. The van der Waals surface area contributed by atoms with Crippen LogP contribution in [-0.4, -0.2) is 43.6 Å². The zero-order valence-corrected chi connectivity index (χ0v) is 12.2. The molecule has 5 heteroatoms. The van der Waals surface area contributed by atoms with E-state index in [2.05, 4.69) is 28.2 Å². The maximum Gasteiger partial charge on any atom is 0.253 e. The lowest BCUT2D eigenvalue weighted by atomic mass is 10.1. The fraction of sp³-hybridized carbons (Fsp3) is 0.462. The van der Waals surface area contributed by atoms with Crippen molar-refractivity contribution in [2.75, 3.05) is 26.7 Å². The van der Waals surface area contributed by atoms with Crippen molar-refractivity contribution in [1.29, 1.82) is 0 Å². The molecular weight excluding hydrogens is 296 g/mol. The molecule has 1 aromatic rings. The van der Waals surface area contributed by atoms with Gasteiger partial charge in [-0.1, -0.05) is 0 Å². The average Bonchev–Trinajstić information content (AvgIpc) is 2.37. The topological polar surface area (TPSA) is 41.6 Å². The summed E-state index contributed by atoms with van der Waals surface area (Å²) in [6.45, 7) is 4.45. The van der Waals surface area contributed by atoms with Gasteiger partial charge in [0.1, 0.15) is 5.75 Å². The first-order chi connectivity index (χ1) is 8.61. The van der Waals surface area contributed by atoms with Crippen LogP contribution in [-0.2, 0) is 0 Å². The predicted octanol–water partition coefficient (Wildman–Crippen LogP) is 1.89. The number of methoxy groups -OCH3 is 1. The minimum atomic E-state index is 0.0757. The summed E-state index contributed by atoms with van der Waals surface area (Å²) in [5, 5.41) is 3.32. The van der Waals surface area contributed by atoms with Crippen LogP contribution in [0.5, 0.6) is 5.75 Å². The summed E-state index contributed by atoms with van der Waals surface area (Å²) in [6, 6.07) is 5.78. The van der Waals surface area contributed by atoms with Gasteiger partial charge in [0.05, 0.1) is 11.6 Å². The first-order valence-corrected chi connectivity index (χ1v) is 6.77. The highest BCUT2D eigenvalue weighted by atomic mass is 79.9. The molecule has 1 aliphatic rings. The maximum atomic E-state index is 12.3. The van der Waals surface area contributed by atoms with Gasteiger partial charge in [-0.05, 0) is 41.1 Å². The summed E-state index contributed by atoms with van der Waals surface area (Å²) in [5.74, 6) is 0.812. The van der Waals surface area contributed by atoms with Gasteiger partial charge in [-0.3, -0.25) is 4.79 Å². The normalized spacial score (nSPS) is 19.7. The minimum Gasteiger partial charge on any atom is -0.496 e. The highest BCUT2D eigenvalue weighted by molar-refractivity contribution is 9.10. The molecular formula is C13H17BrN2O2. The summed E-state index contributed by atoms with van der Waals surface area (Å²) in [7, 11) is 1.61. The summed E-state index contributed by atoms with van der Waals surface area (Å²) in [6.07, 6.45) is 0. The Morgan fingerprint density at radius 3 is 2.94 bits per heavy atom. The summed E-state index contributed by atoms with van der Waals surface area (Å²) >= 11 is 3.40. The average molecular weight is 313 g/mol. The van der Waals surface area contributed by atoms with Crippen molar-refractivity contribution >= 4 is 21.8 Å². The van der Waals surface area contributed by atoms with Crippen molar-refractivity contribution in [3.05, 3.63) is 28.2 Å². The van der Waals surface area contributed by atoms with E-state index < -0.39 is 0 Å². The molecule has 1 atom stereocenters. The number of hydrogen-bond acceptors (Lipinski definition) is 3. The summed E-state index contributed by atoms with van der Waals surface area (Å²) in [5.41, 5.74) is 0.691. The smallest absolute Gasteiger partial charge is 0.253 e. The number of nitrogens with zero attached hydrogens (tertiary/aromatic N) is 1. The Labute approximate surface area is 115 Å². The molecule has 0 saturated carbocycles. The highest BCUT2D eigenvalue weighted by Crippen LogP contribution is 2.26. The number of hydrogen-bond donors (Lipinski definition) is 1. The largest absolute Gasteiger partial charge is 0.496 e. The lowest BCUT2D eigenvalue weighted by molar-refractivity contribution is 0.0709. The van der Waals surface area contributed by atoms with Gasteiger partial charge in [-0.15, -0.1) is 0 Å². The molecule has 1 amide bonds. The zero-order chi connectivity index (χ0) is 13.1. The van der Waals surface area contributed by atoms with Crippen LogP contribution in [0.15, 0.2) is 22.7 Å². The number of benzene rings is 1. The van der Waals surface area contributed by atoms with Gasteiger partial charge in [0.25, 0.3) is 5.91 Å². The van der Waals surface area contributed by atoms with E-state index in [1.165, 1.54) is 0 Å². The van der Waals surface area contributed by atoms with Crippen LogP contribution in [0.4, 0.5) is 0 Å². The molecule has 18 heavy (non-hydrogen) atoms. The third kappa shape index (κ3) is 2.84. The molecule has 1 saturated heterocycles. The number of amides is 1. The monoisotopic (exact) mass is 312 g/mol. The van der Waals surface area contributed by atoms with Crippen LogP contribution in [0.25, 0.3) is 0 Å². The second-order valence-electron chi connectivity index (χ2n) is 4.46. The van der Waals surface area contributed by atoms with Crippen molar-refractivity contribution in [3.8, 4) is 5.75 Å². The first-order valence-electron chi connectivity index (χ1n) is 5.98. The third-order valence-electron chi connectivity index (χ3n) is 3.05. The van der Waals surface area contributed by atoms with Gasteiger partial charge in [0.2, 0.25) is 0 Å². The number of piperazine rings is 1. The molecule has 0 unspecified atom stereocenters. The number of nitrogens with one attached hydrogen (secondary N) is 1. The Kier molecular flexibility index (Phi) is 4.24. The lowest BCUT2D eigenvalue weighted by Crippen LogP contribution is -2.51. The molecule has 0 aromatic heterocycles. The summed E-state index contributed by atoms with van der Waals surface area (Å²) < 4.78 is 5.97. The van der Waals surface area contributed by atoms with Crippen molar-refractivity contribution in [2.45, 2.75) is 13.0 Å². The molecule has 0 bridgehead atoms. The first kappa shape index (κ1) is 13.4. The summed E-state index contributed by atoms with van der Waals surface area (Å²) in [4.78, 5) is 14.2. The molecule has 0 radical (unpaired) electrons. The van der Waals surface area contributed by atoms with Crippen molar-refractivity contribution in [1.82, 2.24) is 10.2 Å². The highest BCUT2D eigenvalue weighted by Gasteiger charge is 2.22. The Balaban J connectivity index is 2.15. The third-order valence-corrected chi connectivity index (χ3v) is 3.67. The quantitative estimate of drug-likeness (QED) is 0.907. The van der Waals surface area contributed by atoms with E-state index >= 15 is 0 Å². The van der Waals surface area contributed by atoms with Crippen molar-refractivity contribution < 1.29 is 9.53 Å². The molecule has 1 heterocycles. The molecule has 98 valence electrons. The van der Waals surface area contributed by atoms with Crippen LogP contribution in [0, 0.1) is 0 Å². The maximum absolute atomic E-state index is 12.3. The molecule has 4 nitrogen and oxygen atoms in total. The van der Waals surface area contributed by atoms with Crippen LogP contribution in [0.2, 0.25) is 0 Å². The van der Waals surface area contributed by atoms with Crippen molar-refractivity contribution in [3.63, 3.8) is 0 Å². The van der Waals surface area contributed by atoms with Gasteiger partial charge in [0, 0.05) is 31.2 Å². The Morgan fingerprint density at radius 1 is 1.56 bits per heavy atom. The van der Waals surface area contributed by atoms with E-state index in [1.807, 2.05) is 17.0 Å². The molecule has 1 N–H and O–H groups in total. The van der Waals surface area contributed by atoms with Crippen LogP contribution in [0.3, 0.4) is 0 Å². The fourth-order valence-electron chi connectivity index (χ4n) is 2.10. The van der Waals surface area contributed by atoms with Gasteiger partial charge in [0.15, 0.2) is 0 Å². The standard InChI is InChI=1S/C13H17BrN2O2/c1-9-8-16(6-5-15-9)13(17)10-3-4-12(18-2)11(14)7-10/h3-4,7,9,15H,5-6,8H2,1-2H3/t9-/m0/s1. The van der Waals surface area contributed by atoms with Gasteiger partial charge < -0.3 is 15.0 Å². The molecule has 2 rings (SSSR count). The minimum absolute atomic E-state index is 0.0757. The second kappa shape index (κ2) is 5.71. The molecule has 1 aromatic carbocycles. The van der Waals surface area contributed by atoms with Crippen LogP contribution in [0.1, 0.15) is 17.3 Å². The number of carbonyl (C=O) groups is 1. The molecule has 0 aliphatic carbocycles. The van der Waals surface area contributed by atoms with E-state index in [0.29, 0.717) is 11.6 Å². The fourth-order valence-corrected chi connectivity index (χ4v) is 2.64. The van der Waals surface area contributed by atoms with Gasteiger partial charge in [-0.2, -0.15) is 0 Å². The second-order valence-corrected chi connectivity index (χ2v) is 5.31. The number of ether oxygens (including phenoxy) is 1. The predicted molar refractivity (Wildman–Crippen MR) is 74.1 cm³/mol.